The van der Waals surface area contributed by atoms with Crippen LogP contribution in [0.25, 0.3) is 0 Å². The summed E-state index contributed by atoms with van der Waals surface area (Å²) >= 11 is 3.58. The summed E-state index contributed by atoms with van der Waals surface area (Å²) in [6, 6.07) is 4.69. The van der Waals surface area contributed by atoms with Crippen molar-refractivity contribution in [2.24, 2.45) is 5.73 Å². The number of benzene rings is 1. The van der Waals surface area contributed by atoms with Crippen LogP contribution in [0.4, 0.5) is 0 Å². The quantitative estimate of drug-likeness (QED) is 0.906. The number of hydrogen-bond donors (Lipinski definition) is 1. The van der Waals surface area contributed by atoms with Crippen LogP contribution in [0.3, 0.4) is 0 Å². The average molecular weight is 297 g/mol. The van der Waals surface area contributed by atoms with E-state index in [1.54, 1.807) is 0 Å². The van der Waals surface area contributed by atoms with Gasteiger partial charge in [-0.25, -0.2) is 0 Å². The highest BCUT2D eigenvalue weighted by atomic mass is 79.9. The van der Waals surface area contributed by atoms with E-state index in [1.807, 2.05) is 0 Å². The molecule has 0 unspecified atom stereocenters. The minimum Gasteiger partial charge on any atom is -0.493 e. The predicted octanol–water partition coefficient (Wildman–Crippen LogP) is 1.92. The number of fused-ring (bicyclic) bond motifs is 1. The summed E-state index contributed by atoms with van der Waals surface area (Å²) in [7, 11) is 0. The van der Waals surface area contributed by atoms with E-state index in [2.05, 4.69) is 33.0 Å². The minimum atomic E-state index is 0.344. The van der Waals surface area contributed by atoms with E-state index in [0.29, 0.717) is 6.04 Å². The summed E-state index contributed by atoms with van der Waals surface area (Å²) in [5.41, 5.74) is 8.56. The third-order valence-electron chi connectivity index (χ3n) is 3.53. The number of likely N-dealkylation sites (tertiary alicyclic amines) is 1. The molecule has 1 atom stereocenters. The number of nitrogens with zero attached hydrogens (tertiary/aromatic N) is 1. The molecule has 2 heterocycles. The topological polar surface area (TPSA) is 38.5 Å². The van der Waals surface area contributed by atoms with Gasteiger partial charge in [0, 0.05) is 42.1 Å². The van der Waals surface area contributed by atoms with E-state index in [0.717, 1.165) is 49.3 Å². The molecule has 1 fully saturated rings. The van der Waals surface area contributed by atoms with Crippen molar-refractivity contribution in [2.45, 2.75) is 25.4 Å². The van der Waals surface area contributed by atoms with E-state index in [1.165, 1.54) is 11.1 Å². The molecule has 92 valence electrons. The SMILES string of the molecule is N[C@H]1CCN(Cc2cc(Br)cc3c2OCC3)C1. The molecule has 0 bridgehead atoms. The lowest BCUT2D eigenvalue weighted by molar-refractivity contribution is 0.310. The van der Waals surface area contributed by atoms with Crippen molar-refractivity contribution in [3.8, 4) is 5.75 Å². The Morgan fingerprint density at radius 1 is 1.47 bits per heavy atom. The number of nitrogens with two attached hydrogens (primary N) is 1. The van der Waals surface area contributed by atoms with E-state index in [4.69, 9.17) is 10.5 Å². The van der Waals surface area contributed by atoms with Crippen LogP contribution in [0.2, 0.25) is 0 Å². The molecule has 3 nitrogen and oxygen atoms in total. The predicted molar refractivity (Wildman–Crippen MR) is 71.2 cm³/mol. The van der Waals surface area contributed by atoms with Gasteiger partial charge >= 0.3 is 0 Å². The molecular weight excluding hydrogens is 280 g/mol. The van der Waals surface area contributed by atoms with E-state index >= 15 is 0 Å². The fourth-order valence-corrected chi connectivity index (χ4v) is 3.26. The second-order valence-corrected chi connectivity index (χ2v) is 5.85. The van der Waals surface area contributed by atoms with Crippen molar-refractivity contribution in [1.82, 2.24) is 4.90 Å². The summed E-state index contributed by atoms with van der Waals surface area (Å²) in [6.45, 7) is 3.87. The highest BCUT2D eigenvalue weighted by Gasteiger charge is 2.23. The van der Waals surface area contributed by atoms with Crippen molar-refractivity contribution in [3.05, 3.63) is 27.7 Å². The summed E-state index contributed by atoms with van der Waals surface area (Å²) in [5, 5.41) is 0. The second kappa shape index (κ2) is 4.59. The maximum atomic E-state index is 5.94. The molecule has 2 aliphatic rings. The van der Waals surface area contributed by atoms with Crippen molar-refractivity contribution in [3.63, 3.8) is 0 Å². The molecule has 0 saturated carbocycles. The number of halogens is 1. The number of hydrogen-bond acceptors (Lipinski definition) is 3. The zero-order valence-corrected chi connectivity index (χ0v) is 11.4. The van der Waals surface area contributed by atoms with E-state index in [-0.39, 0.29) is 0 Å². The minimum absolute atomic E-state index is 0.344. The van der Waals surface area contributed by atoms with Crippen LogP contribution in [-0.2, 0) is 13.0 Å². The molecule has 4 heteroatoms. The maximum absolute atomic E-state index is 5.94. The lowest BCUT2D eigenvalue weighted by Crippen LogP contribution is -2.26. The Balaban J connectivity index is 1.83. The van der Waals surface area contributed by atoms with Gasteiger partial charge < -0.3 is 10.5 Å². The van der Waals surface area contributed by atoms with E-state index in [9.17, 15) is 0 Å². The molecule has 17 heavy (non-hydrogen) atoms. The van der Waals surface area contributed by atoms with Gasteiger partial charge in [-0.15, -0.1) is 0 Å². The summed E-state index contributed by atoms with van der Waals surface area (Å²) < 4.78 is 6.90. The van der Waals surface area contributed by atoms with Gasteiger partial charge in [0.05, 0.1) is 6.61 Å². The highest BCUT2D eigenvalue weighted by Crippen LogP contribution is 2.34. The van der Waals surface area contributed by atoms with Crippen molar-refractivity contribution in [2.75, 3.05) is 19.7 Å². The Hall–Kier alpha value is -0.580. The summed E-state index contributed by atoms with van der Waals surface area (Å²) in [4.78, 5) is 2.41. The Kier molecular flexibility index (Phi) is 3.11. The van der Waals surface area contributed by atoms with Gasteiger partial charge in [-0.05, 0) is 24.1 Å². The van der Waals surface area contributed by atoms with Gasteiger partial charge in [0.25, 0.3) is 0 Å². The molecular formula is C13H17BrN2O. The highest BCUT2D eigenvalue weighted by molar-refractivity contribution is 9.10. The van der Waals surface area contributed by atoms with Gasteiger partial charge in [-0.2, -0.15) is 0 Å². The molecule has 0 radical (unpaired) electrons. The summed E-state index contributed by atoms with van der Waals surface area (Å²) in [6.07, 6.45) is 2.14. The van der Waals surface area contributed by atoms with Crippen LogP contribution in [0, 0.1) is 0 Å². The van der Waals surface area contributed by atoms with Crippen LogP contribution >= 0.6 is 15.9 Å². The normalized spacial score (nSPS) is 23.8. The van der Waals surface area contributed by atoms with Gasteiger partial charge in [0.2, 0.25) is 0 Å². The average Bonchev–Trinajstić information content (AvgIpc) is 2.87. The molecule has 1 saturated heterocycles. The largest absolute Gasteiger partial charge is 0.493 e. The molecule has 0 spiro atoms. The molecule has 2 N–H and O–H groups in total. The molecule has 0 amide bonds. The first-order valence-electron chi connectivity index (χ1n) is 6.14. The number of rotatable bonds is 2. The van der Waals surface area contributed by atoms with Gasteiger partial charge in [-0.1, -0.05) is 15.9 Å². The van der Waals surface area contributed by atoms with Crippen LogP contribution in [0.1, 0.15) is 17.5 Å². The molecule has 2 aliphatic heterocycles. The lowest BCUT2D eigenvalue weighted by Gasteiger charge is -2.17. The Bertz CT molecular complexity index is 436. The number of ether oxygens (including phenoxy) is 1. The van der Waals surface area contributed by atoms with Gasteiger partial charge in [-0.3, -0.25) is 4.90 Å². The molecule has 1 aromatic carbocycles. The van der Waals surface area contributed by atoms with Gasteiger partial charge in [0.15, 0.2) is 0 Å². The van der Waals surface area contributed by atoms with Crippen LogP contribution in [0.15, 0.2) is 16.6 Å². The van der Waals surface area contributed by atoms with Crippen LogP contribution in [0.5, 0.6) is 5.75 Å². The first-order chi connectivity index (χ1) is 8.22. The smallest absolute Gasteiger partial charge is 0.127 e. The van der Waals surface area contributed by atoms with Gasteiger partial charge in [0.1, 0.15) is 5.75 Å². The van der Waals surface area contributed by atoms with Crippen LogP contribution < -0.4 is 10.5 Å². The molecule has 1 aromatic rings. The second-order valence-electron chi connectivity index (χ2n) is 4.94. The molecule has 3 rings (SSSR count). The Labute approximate surface area is 110 Å². The first-order valence-corrected chi connectivity index (χ1v) is 6.94. The van der Waals surface area contributed by atoms with Crippen molar-refractivity contribution >= 4 is 15.9 Å². The maximum Gasteiger partial charge on any atom is 0.127 e. The fourth-order valence-electron chi connectivity index (χ4n) is 2.71. The van der Waals surface area contributed by atoms with Crippen LogP contribution in [-0.4, -0.2) is 30.6 Å². The molecule has 0 aliphatic carbocycles. The summed E-state index contributed by atoms with van der Waals surface area (Å²) in [5.74, 6) is 1.11. The standard InChI is InChI=1S/C13H17BrN2O/c14-11-5-9-2-4-17-13(9)10(6-11)7-16-3-1-12(15)8-16/h5-6,12H,1-4,7-8,15H2/t12-/m0/s1. The third kappa shape index (κ3) is 2.34. The lowest BCUT2D eigenvalue weighted by atomic mass is 10.1. The van der Waals surface area contributed by atoms with E-state index < -0.39 is 0 Å². The monoisotopic (exact) mass is 296 g/mol. The zero-order chi connectivity index (χ0) is 11.8. The Morgan fingerprint density at radius 2 is 2.35 bits per heavy atom. The zero-order valence-electron chi connectivity index (χ0n) is 9.79. The fraction of sp³-hybridized carbons (Fsp3) is 0.538. The molecule has 0 aromatic heterocycles. The third-order valence-corrected chi connectivity index (χ3v) is 3.99. The van der Waals surface area contributed by atoms with Crippen molar-refractivity contribution in [1.29, 1.82) is 0 Å². The van der Waals surface area contributed by atoms with Crippen molar-refractivity contribution < 1.29 is 4.74 Å². The first kappa shape index (κ1) is 11.5. The Morgan fingerprint density at radius 3 is 3.12 bits per heavy atom.